The molecule has 0 aliphatic carbocycles. The highest BCUT2D eigenvalue weighted by atomic mass is 16.2. The molecule has 0 saturated carbocycles. The van der Waals surface area contributed by atoms with Crippen LogP contribution in [0.15, 0.2) is 18.3 Å². The van der Waals surface area contributed by atoms with Crippen LogP contribution in [0.25, 0.3) is 0 Å². The number of pyridine rings is 1. The van der Waals surface area contributed by atoms with E-state index < -0.39 is 6.03 Å². The lowest BCUT2D eigenvalue weighted by Crippen LogP contribution is -2.19. The van der Waals surface area contributed by atoms with Crippen LogP contribution >= 0.6 is 0 Å². The average Bonchev–Trinajstić information content (AvgIpc) is 1.93. The Morgan fingerprint density at radius 1 is 1.64 bits per heavy atom. The zero-order valence-corrected chi connectivity index (χ0v) is 6.16. The fraction of sp³-hybridized carbons (Fsp3) is 0.143. The number of hydrogen-bond acceptors (Lipinski definition) is 2. The van der Waals surface area contributed by atoms with Gasteiger partial charge in [-0.1, -0.05) is 0 Å². The highest BCUT2D eigenvalue weighted by molar-refractivity contribution is 5.87. The molecule has 0 spiro atoms. The molecule has 0 fully saturated rings. The van der Waals surface area contributed by atoms with Gasteiger partial charge < -0.3 is 11.1 Å². The van der Waals surface area contributed by atoms with Crippen molar-refractivity contribution in [2.45, 2.75) is 6.92 Å². The standard InChI is InChI=1S/C7H9N3O/c1-5-2-3-6(4-9-5)10-7(8)11/h2-4H,1H3,(H3,8,10,11). The van der Waals surface area contributed by atoms with Crippen LogP contribution in [0.5, 0.6) is 0 Å². The van der Waals surface area contributed by atoms with E-state index in [2.05, 4.69) is 10.3 Å². The van der Waals surface area contributed by atoms with Gasteiger partial charge in [0.05, 0.1) is 11.9 Å². The third kappa shape index (κ3) is 2.25. The van der Waals surface area contributed by atoms with Crippen molar-refractivity contribution in [3.8, 4) is 0 Å². The quantitative estimate of drug-likeness (QED) is 0.625. The molecule has 0 unspecified atom stereocenters. The number of urea groups is 1. The second-order valence-electron chi connectivity index (χ2n) is 2.18. The highest BCUT2D eigenvalue weighted by Gasteiger charge is 1.93. The van der Waals surface area contributed by atoms with E-state index in [1.165, 1.54) is 0 Å². The number of rotatable bonds is 1. The maximum atomic E-state index is 10.3. The largest absolute Gasteiger partial charge is 0.351 e. The number of aryl methyl sites for hydroxylation is 1. The monoisotopic (exact) mass is 151 g/mol. The maximum Gasteiger partial charge on any atom is 0.316 e. The second-order valence-corrected chi connectivity index (χ2v) is 2.18. The van der Waals surface area contributed by atoms with Gasteiger partial charge in [0.25, 0.3) is 0 Å². The van der Waals surface area contributed by atoms with Crippen LogP contribution in [0.1, 0.15) is 5.69 Å². The van der Waals surface area contributed by atoms with Crippen molar-refractivity contribution < 1.29 is 4.79 Å². The van der Waals surface area contributed by atoms with Gasteiger partial charge in [0.1, 0.15) is 0 Å². The molecule has 4 heteroatoms. The van der Waals surface area contributed by atoms with Gasteiger partial charge in [-0.05, 0) is 19.1 Å². The summed E-state index contributed by atoms with van der Waals surface area (Å²) < 4.78 is 0. The number of hydrogen-bond donors (Lipinski definition) is 2. The number of nitrogens with one attached hydrogen (secondary N) is 1. The Morgan fingerprint density at radius 3 is 2.82 bits per heavy atom. The lowest BCUT2D eigenvalue weighted by atomic mass is 10.3. The first kappa shape index (κ1) is 7.53. The lowest BCUT2D eigenvalue weighted by molar-refractivity contribution is 0.259. The molecule has 3 N–H and O–H groups in total. The molecule has 2 amide bonds. The van der Waals surface area contributed by atoms with Crippen molar-refractivity contribution in [3.05, 3.63) is 24.0 Å². The van der Waals surface area contributed by atoms with E-state index in [0.717, 1.165) is 5.69 Å². The third-order valence-electron chi connectivity index (χ3n) is 1.18. The first-order valence-electron chi connectivity index (χ1n) is 3.17. The minimum absolute atomic E-state index is 0.573. The first-order valence-corrected chi connectivity index (χ1v) is 3.17. The summed E-state index contributed by atoms with van der Waals surface area (Å²) in [5, 5.41) is 2.41. The average molecular weight is 151 g/mol. The molecular weight excluding hydrogens is 142 g/mol. The summed E-state index contributed by atoms with van der Waals surface area (Å²) in [6.45, 7) is 1.87. The van der Waals surface area contributed by atoms with Crippen LogP contribution < -0.4 is 11.1 Å². The Kier molecular flexibility index (Phi) is 2.06. The maximum absolute atomic E-state index is 10.3. The molecule has 0 atom stereocenters. The van der Waals surface area contributed by atoms with Crippen molar-refractivity contribution in [3.63, 3.8) is 0 Å². The molecule has 0 saturated heterocycles. The van der Waals surface area contributed by atoms with Crippen LogP contribution in [0.4, 0.5) is 10.5 Å². The number of aromatic nitrogens is 1. The molecule has 11 heavy (non-hydrogen) atoms. The molecule has 1 aromatic heterocycles. The topological polar surface area (TPSA) is 68.0 Å². The van der Waals surface area contributed by atoms with Crippen LogP contribution in [0.2, 0.25) is 0 Å². The lowest BCUT2D eigenvalue weighted by Gasteiger charge is -1.99. The molecule has 0 aliphatic rings. The molecule has 0 radical (unpaired) electrons. The van der Waals surface area contributed by atoms with Gasteiger partial charge in [-0.25, -0.2) is 4.79 Å². The van der Waals surface area contributed by atoms with Gasteiger partial charge in [-0.15, -0.1) is 0 Å². The van der Waals surface area contributed by atoms with Gasteiger partial charge in [0.15, 0.2) is 0 Å². The first-order chi connectivity index (χ1) is 5.18. The molecule has 0 bridgehead atoms. The summed E-state index contributed by atoms with van der Waals surface area (Å²) in [5.74, 6) is 0. The Labute approximate surface area is 64.4 Å². The summed E-state index contributed by atoms with van der Waals surface area (Å²) in [4.78, 5) is 14.3. The molecular formula is C7H9N3O. The van der Waals surface area contributed by atoms with Crippen molar-refractivity contribution in [1.82, 2.24) is 4.98 Å². The van der Waals surface area contributed by atoms with E-state index in [1.807, 2.05) is 6.92 Å². The predicted molar refractivity (Wildman–Crippen MR) is 42.2 cm³/mol. The Hall–Kier alpha value is -1.58. The highest BCUT2D eigenvalue weighted by Crippen LogP contribution is 2.03. The van der Waals surface area contributed by atoms with Crippen molar-refractivity contribution >= 4 is 11.7 Å². The zero-order valence-electron chi connectivity index (χ0n) is 6.16. The molecule has 1 rings (SSSR count). The number of nitrogens with two attached hydrogens (primary N) is 1. The van der Waals surface area contributed by atoms with E-state index in [-0.39, 0.29) is 0 Å². The number of primary amides is 1. The molecule has 4 nitrogen and oxygen atoms in total. The van der Waals surface area contributed by atoms with E-state index in [9.17, 15) is 4.79 Å². The third-order valence-corrected chi connectivity index (χ3v) is 1.18. The van der Waals surface area contributed by atoms with Crippen molar-refractivity contribution in [2.24, 2.45) is 5.73 Å². The van der Waals surface area contributed by atoms with E-state index >= 15 is 0 Å². The zero-order chi connectivity index (χ0) is 8.27. The number of nitrogens with zero attached hydrogens (tertiary/aromatic N) is 1. The fourth-order valence-electron chi connectivity index (χ4n) is 0.684. The van der Waals surface area contributed by atoms with Crippen LogP contribution in [-0.2, 0) is 0 Å². The smallest absolute Gasteiger partial charge is 0.316 e. The van der Waals surface area contributed by atoms with Crippen molar-refractivity contribution in [2.75, 3.05) is 5.32 Å². The minimum Gasteiger partial charge on any atom is -0.351 e. The molecule has 0 aliphatic heterocycles. The van der Waals surface area contributed by atoms with Gasteiger partial charge in [-0.2, -0.15) is 0 Å². The number of carbonyl (C=O) groups excluding carboxylic acids is 1. The number of amides is 2. The summed E-state index contributed by atoms with van der Waals surface area (Å²) in [7, 11) is 0. The predicted octanol–water partition coefficient (Wildman–Crippen LogP) is 0.881. The van der Waals surface area contributed by atoms with E-state index in [0.29, 0.717) is 5.69 Å². The summed E-state index contributed by atoms with van der Waals surface area (Å²) in [6.07, 6.45) is 1.56. The minimum atomic E-state index is -0.573. The summed E-state index contributed by atoms with van der Waals surface area (Å²) >= 11 is 0. The fourth-order valence-corrected chi connectivity index (χ4v) is 0.684. The van der Waals surface area contributed by atoms with Gasteiger partial charge >= 0.3 is 6.03 Å². The van der Waals surface area contributed by atoms with E-state index in [4.69, 9.17) is 5.73 Å². The van der Waals surface area contributed by atoms with Crippen molar-refractivity contribution in [1.29, 1.82) is 0 Å². The molecule has 1 aromatic rings. The Morgan fingerprint density at radius 2 is 2.36 bits per heavy atom. The molecule has 58 valence electrons. The number of anilines is 1. The van der Waals surface area contributed by atoms with E-state index in [1.54, 1.807) is 18.3 Å². The van der Waals surface area contributed by atoms with Gasteiger partial charge in [-0.3, -0.25) is 4.98 Å². The normalized spacial score (nSPS) is 9.18. The van der Waals surface area contributed by atoms with Gasteiger partial charge in [0.2, 0.25) is 0 Å². The number of carbonyl (C=O) groups is 1. The second kappa shape index (κ2) is 3.01. The van der Waals surface area contributed by atoms with Crippen LogP contribution in [-0.4, -0.2) is 11.0 Å². The Bertz CT molecular complexity index is 255. The van der Waals surface area contributed by atoms with Crippen LogP contribution in [0.3, 0.4) is 0 Å². The van der Waals surface area contributed by atoms with Crippen LogP contribution in [0, 0.1) is 6.92 Å². The molecule has 1 heterocycles. The SMILES string of the molecule is Cc1ccc(NC(N)=O)cn1. The summed E-state index contributed by atoms with van der Waals surface area (Å²) in [6, 6.07) is 2.97. The Balaban J connectivity index is 2.74. The van der Waals surface area contributed by atoms with Gasteiger partial charge in [0, 0.05) is 5.69 Å². The summed E-state index contributed by atoms with van der Waals surface area (Å²) in [5.41, 5.74) is 6.40. The molecule has 0 aromatic carbocycles.